The van der Waals surface area contributed by atoms with Crippen LogP contribution in [0, 0.1) is 0 Å². The Bertz CT molecular complexity index is 1050. The second-order valence-corrected chi connectivity index (χ2v) is 7.62. The Morgan fingerprint density at radius 2 is 1.96 bits per heavy atom. The van der Waals surface area contributed by atoms with Gasteiger partial charge in [0.2, 0.25) is 0 Å². The summed E-state index contributed by atoms with van der Waals surface area (Å²) in [4.78, 5) is 14.9. The molecule has 0 saturated carbocycles. The van der Waals surface area contributed by atoms with Crippen LogP contribution in [0.3, 0.4) is 0 Å². The molecule has 2 aromatic carbocycles. The summed E-state index contributed by atoms with van der Waals surface area (Å²) in [6.45, 7) is 2.70. The van der Waals surface area contributed by atoms with E-state index < -0.39 is 0 Å². The maximum absolute atomic E-state index is 13.1. The summed E-state index contributed by atoms with van der Waals surface area (Å²) >= 11 is 12.4. The summed E-state index contributed by atoms with van der Waals surface area (Å²) in [6.07, 6.45) is 1.85. The quantitative estimate of drug-likeness (QED) is 0.583. The number of nitrogens with one attached hydrogen (secondary N) is 1. The molecule has 0 spiro atoms. The van der Waals surface area contributed by atoms with E-state index in [2.05, 4.69) is 17.1 Å². The molecule has 4 rings (SSSR count). The number of carbonyl (C=O) groups excluding carboxylic acids is 1. The first-order valence-corrected chi connectivity index (χ1v) is 9.91. The third-order valence-electron chi connectivity index (χ3n) is 5.03. The monoisotopic (exact) mass is 415 g/mol. The van der Waals surface area contributed by atoms with Crippen molar-refractivity contribution in [1.82, 2.24) is 15.1 Å². The van der Waals surface area contributed by atoms with Crippen molar-refractivity contribution in [3.63, 3.8) is 0 Å². The minimum atomic E-state index is -0.350. The SMILES string of the molecule is CCCCN1C(=O)c2[nH]nc(-c3ccccc3O)c2[C@@H]1c1ccc(Cl)c(Cl)c1. The summed E-state index contributed by atoms with van der Waals surface area (Å²) < 4.78 is 0. The second kappa shape index (κ2) is 7.49. The van der Waals surface area contributed by atoms with Crippen LogP contribution >= 0.6 is 23.2 Å². The number of halogens is 2. The van der Waals surface area contributed by atoms with E-state index in [4.69, 9.17) is 23.2 Å². The van der Waals surface area contributed by atoms with Gasteiger partial charge in [-0.3, -0.25) is 9.89 Å². The lowest BCUT2D eigenvalue weighted by Crippen LogP contribution is -2.30. The molecule has 1 amide bonds. The van der Waals surface area contributed by atoms with Crippen molar-refractivity contribution in [3.05, 3.63) is 69.3 Å². The van der Waals surface area contributed by atoms with Crippen molar-refractivity contribution in [1.29, 1.82) is 0 Å². The molecular formula is C21H19Cl2N3O2. The van der Waals surface area contributed by atoms with E-state index in [9.17, 15) is 9.90 Å². The van der Waals surface area contributed by atoms with Gasteiger partial charge < -0.3 is 10.0 Å². The van der Waals surface area contributed by atoms with E-state index in [-0.39, 0.29) is 17.7 Å². The van der Waals surface area contributed by atoms with E-state index in [1.807, 2.05) is 17.0 Å². The van der Waals surface area contributed by atoms with Gasteiger partial charge in [-0.2, -0.15) is 5.10 Å². The normalized spacial score (nSPS) is 15.9. The number of H-pyrrole nitrogens is 1. The Kier molecular flexibility index (Phi) is 5.04. The van der Waals surface area contributed by atoms with E-state index in [0.29, 0.717) is 33.5 Å². The molecule has 1 aromatic heterocycles. The number of para-hydroxylation sites is 1. The Labute approximate surface area is 172 Å². The van der Waals surface area contributed by atoms with Gasteiger partial charge in [0.1, 0.15) is 17.1 Å². The number of hydrogen-bond donors (Lipinski definition) is 2. The smallest absolute Gasteiger partial charge is 0.273 e. The van der Waals surface area contributed by atoms with Crippen LogP contribution in [-0.4, -0.2) is 32.7 Å². The van der Waals surface area contributed by atoms with E-state index in [0.717, 1.165) is 24.0 Å². The average Bonchev–Trinajstić information content (AvgIpc) is 3.22. The van der Waals surface area contributed by atoms with Gasteiger partial charge in [-0.15, -0.1) is 0 Å². The van der Waals surface area contributed by atoms with E-state index >= 15 is 0 Å². The summed E-state index contributed by atoms with van der Waals surface area (Å²) in [5.74, 6) is 0.0119. The topological polar surface area (TPSA) is 69.2 Å². The zero-order chi connectivity index (χ0) is 19.8. The van der Waals surface area contributed by atoms with Crippen LogP contribution in [0.4, 0.5) is 0 Å². The van der Waals surface area contributed by atoms with Crippen molar-refractivity contribution >= 4 is 29.1 Å². The molecule has 3 aromatic rings. The number of amides is 1. The second-order valence-electron chi connectivity index (χ2n) is 6.81. The molecule has 0 saturated heterocycles. The minimum absolute atomic E-state index is 0.103. The summed E-state index contributed by atoms with van der Waals surface area (Å²) in [5.41, 5.74) is 3.20. The fourth-order valence-electron chi connectivity index (χ4n) is 3.66. The number of phenols is 1. The largest absolute Gasteiger partial charge is 0.507 e. The molecule has 1 aliphatic heterocycles. The van der Waals surface area contributed by atoms with Crippen LogP contribution in [0.1, 0.15) is 47.4 Å². The summed E-state index contributed by atoms with van der Waals surface area (Å²) in [6, 6.07) is 12.0. The van der Waals surface area contributed by atoms with Gasteiger partial charge in [0.25, 0.3) is 5.91 Å². The lowest BCUT2D eigenvalue weighted by molar-refractivity contribution is 0.0741. The maximum Gasteiger partial charge on any atom is 0.273 e. The van der Waals surface area contributed by atoms with Gasteiger partial charge >= 0.3 is 0 Å². The predicted molar refractivity (Wildman–Crippen MR) is 110 cm³/mol. The molecule has 1 atom stereocenters. The summed E-state index contributed by atoms with van der Waals surface area (Å²) in [5, 5.41) is 18.5. The standard InChI is InChI=1S/C21H19Cl2N3O2/c1-2-3-10-26-20(12-8-9-14(22)15(23)11-12)17-18(24-25-19(17)21(26)28)13-6-4-5-7-16(13)27/h4-9,11,20,27H,2-3,10H2,1H3,(H,24,25)/t20-/m0/s1. The van der Waals surface area contributed by atoms with Crippen LogP contribution in [0.15, 0.2) is 42.5 Å². The van der Waals surface area contributed by atoms with Crippen LogP contribution in [0.2, 0.25) is 10.0 Å². The highest BCUT2D eigenvalue weighted by Crippen LogP contribution is 2.45. The van der Waals surface area contributed by atoms with Gasteiger partial charge in [0.15, 0.2) is 0 Å². The van der Waals surface area contributed by atoms with Gasteiger partial charge in [0.05, 0.1) is 16.1 Å². The predicted octanol–water partition coefficient (Wildman–Crippen LogP) is 5.43. The molecule has 2 heterocycles. The first-order valence-electron chi connectivity index (χ1n) is 9.15. The van der Waals surface area contributed by atoms with Crippen molar-refractivity contribution < 1.29 is 9.90 Å². The number of fused-ring (bicyclic) bond motifs is 1. The molecule has 2 N–H and O–H groups in total. The maximum atomic E-state index is 13.1. The Morgan fingerprint density at radius 3 is 2.68 bits per heavy atom. The Morgan fingerprint density at radius 1 is 1.18 bits per heavy atom. The number of aromatic amines is 1. The number of aromatic hydroxyl groups is 1. The van der Waals surface area contributed by atoms with Crippen molar-refractivity contribution in [3.8, 4) is 17.0 Å². The summed E-state index contributed by atoms with van der Waals surface area (Å²) in [7, 11) is 0. The highest BCUT2D eigenvalue weighted by atomic mass is 35.5. The fraction of sp³-hybridized carbons (Fsp3) is 0.238. The molecule has 0 fully saturated rings. The van der Waals surface area contributed by atoms with Crippen LogP contribution in [0.25, 0.3) is 11.3 Å². The van der Waals surface area contributed by atoms with Gasteiger partial charge in [-0.25, -0.2) is 0 Å². The third kappa shape index (κ3) is 3.05. The fourth-order valence-corrected chi connectivity index (χ4v) is 3.97. The molecule has 144 valence electrons. The van der Waals surface area contributed by atoms with Gasteiger partial charge in [-0.1, -0.05) is 54.7 Å². The number of aromatic nitrogens is 2. The number of phenolic OH excluding ortho intramolecular Hbond substituents is 1. The van der Waals surface area contributed by atoms with Crippen molar-refractivity contribution in [2.24, 2.45) is 0 Å². The Balaban J connectivity index is 1.90. The lowest BCUT2D eigenvalue weighted by atomic mass is 9.95. The highest BCUT2D eigenvalue weighted by molar-refractivity contribution is 6.42. The molecular weight excluding hydrogens is 397 g/mol. The molecule has 0 aliphatic carbocycles. The number of carbonyl (C=O) groups is 1. The molecule has 0 unspecified atom stereocenters. The highest BCUT2D eigenvalue weighted by Gasteiger charge is 2.42. The lowest BCUT2D eigenvalue weighted by Gasteiger charge is -2.26. The molecule has 0 radical (unpaired) electrons. The molecule has 7 heteroatoms. The van der Waals surface area contributed by atoms with E-state index in [1.54, 1.807) is 30.3 Å². The van der Waals surface area contributed by atoms with Gasteiger partial charge in [0, 0.05) is 17.7 Å². The zero-order valence-corrected chi connectivity index (χ0v) is 16.8. The number of rotatable bonds is 5. The number of benzene rings is 2. The van der Waals surface area contributed by atoms with E-state index in [1.165, 1.54) is 0 Å². The number of hydrogen-bond acceptors (Lipinski definition) is 3. The molecule has 0 bridgehead atoms. The molecule has 28 heavy (non-hydrogen) atoms. The van der Waals surface area contributed by atoms with Crippen LogP contribution in [0.5, 0.6) is 5.75 Å². The number of nitrogens with zero attached hydrogens (tertiary/aromatic N) is 2. The molecule has 1 aliphatic rings. The minimum Gasteiger partial charge on any atom is -0.507 e. The van der Waals surface area contributed by atoms with Gasteiger partial charge in [-0.05, 0) is 36.2 Å². The first-order chi connectivity index (χ1) is 13.5. The third-order valence-corrected chi connectivity index (χ3v) is 5.77. The van der Waals surface area contributed by atoms with Crippen LogP contribution < -0.4 is 0 Å². The average molecular weight is 416 g/mol. The molecule has 5 nitrogen and oxygen atoms in total. The van der Waals surface area contributed by atoms with Crippen LogP contribution in [-0.2, 0) is 0 Å². The first kappa shape index (κ1) is 18.8. The number of unbranched alkanes of at least 4 members (excludes halogenated alkanes) is 1. The Hall–Kier alpha value is -2.50. The zero-order valence-electron chi connectivity index (χ0n) is 15.2. The van der Waals surface area contributed by atoms with Crippen molar-refractivity contribution in [2.75, 3.05) is 6.54 Å². The van der Waals surface area contributed by atoms with Crippen molar-refractivity contribution in [2.45, 2.75) is 25.8 Å².